The van der Waals surface area contributed by atoms with Gasteiger partial charge in [-0.05, 0) is 44.2 Å². The van der Waals surface area contributed by atoms with Gasteiger partial charge in [0.2, 0.25) is 11.8 Å². The molecule has 3 rings (SSSR count). The van der Waals surface area contributed by atoms with Gasteiger partial charge in [-0.25, -0.2) is 0 Å². The smallest absolute Gasteiger partial charge is 0.239 e. The molecule has 5 nitrogen and oxygen atoms in total. The van der Waals surface area contributed by atoms with Crippen LogP contribution in [0.15, 0.2) is 60.8 Å². The summed E-state index contributed by atoms with van der Waals surface area (Å²) in [6.45, 7) is 3.14. The van der Waals surface area contributed by atoms with Crippen LogP contribution in [-0.4, -0.2) is 16.8 Å². The van der Waals surface area contributed by atoms with Crippen molar-refractivity contribution in [1.29, 1.82) is 0 Å². The van der Waals surface area contributed by atoms with Crippen LogP contribution in [0.1, 0.15) is 13.8 Å². The second kappa shape index (κ2) is 7.14. The molecular weight excluding hydrogens is 350 g/mol. The van der Waals surface area contributed by atoms with Crippen LogP contribution >= 0.6 is 11.6 Å². The van der Waals surface area contributed by atoms with E-state index in [1.54, 1.807) is 50.4 Å². The number of rotatable bonds is 4. The molecule has 1 heterocycles. The van der Waals surface area contributed by atoms with Crippen LogP contribution in [0, 0.1) is 5.41 Å². The van der Waals surface area contributed by atoms with Gasteiger partial charge < -0.3 is 10.6 Å². The number of carbonyl (C=O) groups excluding carboxylic acids is 2. The minimum Gasteiger partial charge on any atom is -0.325 e. The van der Waals surface area contributed by atoms with E-state index in [2.05, 4.69) is 15.6 Å². The van der Waals surface area contributed by atoms with Crippen LogP contribution in [0.4, 0.5) is 11.4 Å². The third-order valence-electron chi connectivity index (χ3n) is 4.10. The molecule has 0 aliphatic rings. The third-order valence-corrected chi connectivity index (χ3v) is 4.33. The monoisotopic (exact) mass is 367 g/mol. The molecule has 0 aliphatic carbocycles. The fourth-order valence-corrected chi connectivity index (χ4v) is 2.63. The Hall–Kier alpha value is -2.92. The first kappa shape index (κ1) is 17.9. The fraction of sp³-hybridized carbons (Fsp3) is 0.150. The SMILES string of the molecule is CC(C)(C(=O)Nc1cccc(Cl)c1)C(=O)Nc1cccc2cccnc12. The highest BCUT2D eigenvalue weighted by molar-refractivity contribution is 6.31. The summed E-state index contributed by atoms with van der Waals surface area (Å²) in [7, 11) is 0. The third kappa shape index (κ3) is 3.68. The molecule has 0 bridgehead atoms. The lowest BCUT2D eigenvalue weighted by atomic mass is 9.90. The molecule has 0 spiro atoms. The normalized spacial score (nSPS) is 11.2. The Kier molecular flexibility index (Phi) is 4.91. The predicted molar refractivity (Wildman–Crippen MR) is 104 cm³/mol. The molecule has 6 heteroatoms. The molecule has 132 valence electrons. The summed E-state index contributed by atoms with van der Waals surface area (Å²) >= 11 is 5.93. The number of halogens is 1. The molecule has 26 heavy (non-hydrogen) atoms. The Labute approximate surface area is 156 Å². The summed E-state index contributed by atoms with van der Waals surface area (Å²) < 4.78 is 0. The maximum Gasteiger partial charge on any atom is 0.239 e. The number of nitrogens with one attached hydrogen (secondary N) is 2. The maximum absolute atomic E-state index is 12.8. The number of para-hydroxylation sites is 1. The number of fused-ring (bicyclic) bond motifs is 1. The first-order chi connectivity index (χ1) is 12.4. The van der Waals surface area contributed by atoms with E-state index in [0.29, 0.717) is 21.9 Å². The van der Waals surface area contributed by atoms with Crippen LogP contribution in [0.2, 0.25) is 5.02 Å². The van der Waals surface area contributed by atoms with Crippen LogP contribution in [-0.2, 0) is 9.59 Å². The number of anilines is 2. The van der Waals surface area contributed by atoms with Crippen molar-refractivity contribution in [2.45, 2.75) is 13.8 Å². The highest BCUT2D eigenvalue weighted by Crippen LogP contribution is 2.26. The number of hydrogen-bond acceptors (Lipinski definition) is 3. The van der Waals surface area contributed by atoms with E-state index in [9.17, 15) is 9.59 Å². The molecule has 0 saturated heterocycles. The van der Waals surface area contributed by atoms with Gasteiger partial charge in [-0.1, -0.05) is 35.9 Å². The van der Waals surface area contributed by atoms with E-state index in [1.807, 2.05) is 24.3 Å². The van der Waals surface area contributed by atoms with Crippen molar-refractivity contribution >= 4 is 45.7 Å². The van der Waals surface area contributed by atoms with Crippen molar-refractivity contribution in [3.63, 3.8) is 0 Å². The standard InChI is InChI=1S/C20H18ClN3O2/c1-20(2,18(25)23-15-9-4-8-14(21)12-15)19(26)24-16-10-3-6-13-7-5-11-22-17(13)16/h3-12H,1-2H3,(H,23,25)(H,24,26). The van der Waals surface area contributed by atoms with Crippen molar-refractivity contribution < 1.29 is 9.59 Å². The van der Waals surface area contributed by atoms with Gasteiger partial charge in [0, 0.05) is 22.3 Å². The molecule has 2 N–H and O–H groups in total. The largest absolute Gasteiger partial charge is 0.325 e. The molecule has 0 aliphatic heterocycles. The number of hydrogen-bond donors (Lipinski definition) is 2. The average molecular weight is 368 g/mol. The molecule has 3 aromatic rings. The van der Waals surface area contributed by atoms with Gasteiger partial charge >= 0.3 is 0 Å². The topological polar surface area (TPSA) is 71.1 Å². The summed E-state index contributed by atoms with van der Waals surface area (Å²) in [4.78, 5) is 29.7. The zero-order valence-corrected chi connectivity index (χ0v) is 15.2. The molecular formula is C20H18ClN3O2. The van der Waals surface area contributed by atoms with Gasteiger partial charge in [0.15, 0.2) is 0 Å². The van der Waals surface area contributed by atoms with E-state index in [1.165, 1.54) is 0 Å². The number of aromatic nitrogens is 1. The van der Waals surface area contributed by atoms with Gasteiger partial charge in [0.1, 0.15) is 5.41 Å². The lowest BCUT2D eigenvalue weighted by molar-refractivity contribution is -0.135. The molecule has 0 unspecified atom stereocenters. The highest BCUT2D eigenvalue weighted by atomic mass is 35.5. The summed E-state index contributed by atoms with van der Waals surface area (Å²) in [5.41, 5.74) is 0.487. The van der Waals surface area contributed by atoms with Crippen LogP contribution in [0.5, 0.6) is 0 Å². The quantitative estimate of drug-likeness (QED) is 0.667. The Balaban J connectivity index is 1.80. The van der Waals surface area contributed by atoms with E-state index in [4.69, 9.17) is 11.6 Å². The van der Waals surface area contributed by atoms with Crippen molar-refractivity contribution in [3.05, 3.63) is 65.8 Å². The minimum absolute atomic E-state index is 0.421. The molecule has 0 saturated carbocycles. The van der Waals surface area contributed by atoms with E-state index < -0.39 is 17.2 Å². The first-order valence-corrected chi connectivity index (χ1v) is 8.48. The number of pyridine rings is 1. The predicted octanol–water partition coefficient (Wildman–Crippen LogP) is 4.49. The van der Waals surface area contributed by atoms with Crippen LogP contribution in [0.3, 0.4) is 0 Å². The van der Waals surface area contributed by atoms with Gasteiger partial charge in [-0.15, -0.1) is 0 Å². The number of amides is 2. The van der Waals surface area contributed by atoms with Gasteiger partial charge in [-0.3, -0.25) is 14.6 Å². The second-order valence-corrected chi connectivity index (χ2v) is 6.86. The molecule has 2 amide bonds. The Bertz CT molecular complexity index is 980. The fourth-order valence-electron chi connectivity index (χ4n) is 2.44. The van der Waals surface area contributed by atoms with E-state index >= 15 is 0 Å². The summed E-state index contributed by atoms with van der Waals surface area (Å²) in [6, 6.07) is 16.0. The lowest BCUT2D eigenvalue weighted by Gasteiger charge is -2.23. The summed E-state index contributed by atoms with van der Waals surface area (Å²) in [5.74, 6) is -0.847. The first-order valence-electron chi connectivity index (χ1n) is 8.10. The van der Waals surface area contributed by atoms with Crippen LogP contribution < -0.4 is 10.6 Å². The van der Waals surface area contributed by atoms with Crippen LogP contribution in [0.25, 0.3) is 10.9 Å². The lowest BCUT2D eigenvalue weighted by Crippen LogP contribution is -2.41. The molecule has 0 fully saturated rings. The molecule has 2 aromatic carbocycles. The van der Waals surface area contributed by atoms with Crippen molar-refractivity contribution in [2.75, 3.05) is 10.6 Å². The Morgan fingerprint density at radius 1 is 0.962 bits per heavy atom. The summed E-state index contributed by atoms with van der Waals surface area (Å²) in [5, 5.41) is 6.96. The van der Waals surface area contributed by atoms with E-state index in [0.717, 1.165) is 5.39 Å². The van der Waals surface area contributed by atoms with Gasteiger partial charge in [0.05, 0.1) is 11.2 Å². The zero-order valence-electron chi connectivity index (χ0n) is 14.4. The number of benzene rings is 2. The Morgan fingerprint density at radius 2 is 1.65 bits per heavy atom. The summed E-state index contributed by atoms with van der Waals surface area (Å²) in [6.07, 6.45) is 1.66. The maximum atomic E-state index is 12.8. The molecule has 0 radical (unpaired) electrons. The second-order valence-electron chi connectivity index (χ2n) is 6.42. The molecule has 0 atom stereocenters. The highest BCUT2D eigenvalue weighted by Gasteiger charge is 2.36. The van der Waals surface area contributed by atoms with Crippen molar-refractivity contribution in [3.8, 4) is 0 Å². The van der Waals surface area contributed by atoms with Gasteiger partial charge in [-0.2, -0.15) is 0 Å². The van der Waals surface area contributed by atoms with E-state index in [-0.39, 0.29) is 0 Å². The minimum atomic E-state index is -1.29. The van der Waals surface area contributed by atoms with Crippen molar-refractivity contribution in [2.24, 2.45) is 5.41 Å². The zero-order chi connectivity index (χ0) is 18.7. The average Bonchev–Trinajstić information content (AvgIpc) is 2.62. The van der Waals surface area contributed by atoms with Gasteiger partial charge in [0.25, 0.3) is 0 Å². The number of carbonyl (C=O) groups is 2. The molecule has 1 aromatic heterocycles. The number of nitrogens with zero attached hydrogens (tertiary/aromatic N) is 1. The van der Waals surface area contributed by atoms with Crippen molar-refractivity contribution in [1.82, 2.24) is 4.98 Å². The Morgan fingerprint density at radius 3 is 2.42 bits per heavy atom.